The van der Waals surface area contributed by atoms with Crippen LogP contribution in [-0.4, -0.2) is 22.6 Å². The number of anilines is 1. The van der Waals surface area contributed by atoms with Crippen LogP contribution < -0.4 is 5.32 Å². The Morgan fingerprint density at radius 2 is 2.24 bits per heavy atom. The number of aromatic nitrogens is 1. The molecular weight excluding hydrogens is 284 g/mol. The molecule has 0 unspecified atom stereocenters. The highest BCUT2D eigenvalue weighted by Crippen LogP contribution is 2.22. The lowest BCUT2D eigenvalue weighted by Gasteiger charge is -2.04. The lowest BCUT2D eigenvalue weighted by molar-refractivity contribution is 0.103. The number of aryl methyl sites for hydroxylation is 2. The number of carbonyl (C=O) groups is 1. The molecule has 2 rings (SSSR count). The molecule has 0 aliphatic carbocycles. The van der Waals surface area contributed by atoms with Gasteiger partial charge < -0.3 is 10.4 Å². The smallest absolute Gasteiger partial charge is 0.266 e. The third kappa shape index (κ3) is 3.91. The minimum absolute atomic E-state index is 0.0454. The Morgan fingerprint density at radius 1 is 1.43 bits per heavy atom. The highest BCUT2D eigenvalue weighted by atomic mass is 32.1. The Morgan fingerprint density at radius 3 is 2.95 bits per heavy atom. The van der Waals surface area contributed by atoms with E-state index in [0.29, 0.717) is 17.1 Å². The molecule has 0 fully saturated rings. The number of hydrogen-bond donors (Lipinski definition) is 2. The summed E-state index contributed by atoms with van der Waals surface area (Å²) >= 11 is 1.35. The zero-order valence-corrected chi connectivity index (χ0v) is 12.8. The van der Waals surface area contributed by atoms with Gasteiger partial charge in [0.1, 0.15) is 5.82 Å². The first-order chi connectivity index (χ1) is 10.1. The van der Waals surface area contributed by atoms with Crippen LogP contribution in [0.25, 0.3) is 0 Å². The minimum Gasteiger partial charge on any atom is -0.395 e. The summed E-state index contributed by atoms with van der Waals surface area (Å²) in [6, 6.07) is 5.55. The van der Waals surface area contributed by atoms with Crippen LogP contribution in [0, 0.1) is 25.7 Å². The summed E-state index contributed by atoms with van der Waals surface area (Å²) in [7, 11) is 0. The first-order valence-corrected chi connectivity index (χ1v) is 7.36. The second kappa shape index (κ2) is 7.02. The molecular formula is C16H16N2O2S. The van der Waals surface area contributed by atoms with Crippen molar-refractivity contribution >= 4 is 23.1 Å². The maximum atomic E-state index is 12.2. The van der Waals surface area contributed by atoms with Gasteiger partial charge in [-0.1, -0.05) is 17.9 Å². The molecule has 4 nitrogen and oxygen atoms in total. The van der Waals surface area contributed by atoms with Gasteiger partial charge in [0.25, 0.3) is 5.91 Å². The number of aliphatic hydroxyl groups excluding tert-OH is 1. The number of amides is 1. The fourth-order valence-corrected chi connectivity index (χ4v) is 2.64. The fourth-order valence-electron chi connectivity index (χ4n) is 1.70. The lowest BCUT2D eigenvalue weighted by Crippen LogP contribution is -2.12. The molecule has 0 spiro atoms. The van der Waals surface area contributed by atoms with Crippen molar-refractivity contribution in [3.63, 3.8) is 0 Å². The first-order valence-electron chi connectivity index (χ1n) is 6.55. The van der Waals surface area contributed by atoms with Crippen LogP contribution in [0.1, 0.15) is 32.1 Å². The molecule has 0 radical (unpaired) electrons. The van der Waals surface area contributed by atoms with E-state index in [4.69, 9.17) is 5.11 Å². The van der Waals surface area contributed by atoms with Crippen LogP contribution in [-0.2, 0) is 0 Å². The van der Waals surface area contributed by atoms with Crippen molar-refractivity contribution in [2.24, 2.45) is 0 Å². The summed E-state index contributed by atoms with van der Waals surface area (Å²) in [4.78, 5) is 17.8. The largest absolute Gasteiger partial charge is 0.395 e. The van der Waals surface area contributed by atoms with Crippen molar-refractivity contribution in [2.45, 2.75) is 20.3 Å². The van der Waals surface area contributed by atoms with E-state index in [2.05, 4.69) is 22.1 Å². The number of rotatable bonds is 3. The van der Waals surface area contributed by atoms with Gasteiger partial charge in [0, 0.05) is 12.6 Å². The maximum Gasteiger partial charge on any atom is 0.266 e. The Balaban J connectivity index is 2.16. The van der Waals surface area contributed by atoms with Crippen molar-refractivity contribution in [2.75, 3.05) is 11.9 Å². The third-order valence-electron chi connectivity index (χ3n) is 2.82. The van der Waals surface area contributed by atoms with E-state index >= 15 is 0 Å². The highest BCUT2D eigenvalue weighted by Gasteiger charge is 2.13. The highest BCUT2D eigenvalue weighted by molar-refractivity contribution is 7.14. The molecule has 2 N–H and O–H groups in total. The quantitative estimate of drug-likeness (QED) is 0.857. The number of carbonyl (C=O) groups excluding carboxylic acids is 1. The monoisotopic (exact) mass is 300 g/mol. The van der Waals surface area contributed by atoms with E-state index in [-0.39, 0.29) is 12.5 Å². The first kappa shape index (κ1) is 15.2. The molecule has 1 amide bonds. The van der Waals surface area contributed by atoms with Gasteiger partial charge in [-0.15, -0.1) is 11.3 Å². The van der Waals surface area contributed by atoms with Gasteiger partial charge in [-0.2, -0.15) is 0 Å². The summed E-state index contributed by atoms with van der Waals surface area (Å²) in [6.45, 7) is 3.86. The molecule has 0 aliphatic rings. The predicted molar refractivity (Wildman–Crippen MR) is 84.6 cm³/mol. The minimum atomic E-state index is -0.180. The Kier molecular flexibility index (Phi) is 5.09. The summed E-state index contributed by atoms with van der Waals surface area (Å²) < 4.78 is 0. The molecule has 108 valence electrons. The molecule has 0 aromatic carbocycles. The average molecular weight is 300 g/mol. The van der Waals surface area contributed by atoms with Gasteiger partial charge in [0.2, 0.25) is 0 Å². The van der Waals surface area contributed by atoms with Crippen LogP contribution in [0.5, 0.6) is 0 Å². The lowest BCUT2D eigenvalue weighted by atomic mass is 10.2. The Hall–Kier alpha value is -2.16. The summed E-state index contributed by atoms with van der Waals surface area (Å²) in [5.74, 6) is 6.24. The molecule has 2 aromatic rings. The Labute approximate surface area is 127 Å². The maximum absolute atomic E-state index is 12.2. The van der Waals surface area contributed by atoms with Gasteiger partial charge in [-0.05, 0) is 37.1 Å². The van der Waals surface area contributed by atoms with Crippen LogP contribution in [0.3, 0.4) is 0 Å². The summed E-state index contributed by atoms with van der Waals surface area (Å²) in [5.41, 5.74) is 1.88. The zero-order chi connectivity index (χ0) is 15.2. The molecule has 2 heterocycles. The zero-order valence-electron chi connectivity index (χ0n) is 11.9. The molecule has 2 aromatic heterocycles. The number of nitrogens with zero attached hydrogens (tertiary/aromatic N) is 1. The number of hydrogen-bond acceptors (Lipinski definition) is 4. The van der Waals surface area contributed by atoms with Crippen LogP contribution >= 0.6 is 11.3 Å². The van der Waals surface area contributed by atoms with E-state index < -0.39 is 0 Å². The van der Waals surface area contributed by atoms with Gasteiger partial charge in [0.05, 0.1) is 16.4 Å². The van der Waals surface area contributed by atoms with Gasteiger partial charge in [0.15, 0.2) is 0 Å². The molecule has 0 saturated heterocycles. The van der Waals surface area contributed by atoms with Gasteiger partial charge >= 0.3 is 0 Å². The van der Waals surface area contributed by atoms with Crippen molar-refractivity contribution < 1.29 is 9.90 Å². The van der Waals surface area contributed by atoms with E-state index in [0.717, 1.165) is 16.0 Å². The van der Waals surface area contributed by atoms with Crippen molar-refractivity contribution in [1.82, 2.24) is 4.98 Å². The normalized spacial score (nSPS) is 9.86. The molecule has 0 bridgehead atoms. The standard InChI is InChI=1S/C16H16N2O2S/c1-11-6-5-8-17-15(11)18-16(20)14-10-12(2)13(21-14)7-3-4-9-19/h5-6,8,10,19H,4,9H2,1-2H3,(H,17,18,20). The molecule has 21 heavy (non-hydrogen) atoms. The predicted octanol–water partition coefficient (Wildman–Crippen LogP) is 2.75. The van der Waals surface area contributed by atoms with Crippen LogP contribution in [0.4, 0.5) is 5.82 Å². The van der Waals surface area contributed by atoms with Crippen LogP contribution in [0.15, 0.2) is 24.4 Å². The SMILES string of the molecule is Cc1cccnc1NC(=O)c1cc(C)c(C#CCCO)s1. The number of nitrogens with one attached hydrogen (secondary N) is 1. The summed E-state index contributed by atoms with van der Waals surface area (Å²) in [5, 5.41) is 11.5. The van der Waals surface area contributed by atoms with E-state index in [1.54, 1.807) is 6.20 Å². The molecule has 0 aliphatic heterocycles. The van der Waals surface area contributed by atoms with E-state index in [1.807, 2.05) is 32.0 Å². The number of pyridine rings is 1. The third-order valence-corrected chi connectivity index (χ3v) is 3.97. The average Bonchev–Trinajstić information content (AvgIpc) is 2.83. The molecule has 5 heteroatoms. The van der Waals surface area contributed by atoms with Gasteiger partial charge in [-0.25, -0.2) is 4.98 Å². The van der Waals surface area contributed by atoms with Crippen molar-refractivity contribution in [1.29, 1.82) is 0 Å². The molecule has 0 atom stereocenters. The number of thiophene rings is 1. The van der Waals surface area contributed by atoms with E-state index in [1.165, 1.54) is 11.3 Å². The Bertz CT molecular complexity index is 711. The molecule has 0 saturated carbocycles. The van der Waals surface area contributed by atoms with Gasteiger partial charge in [-0.3, -0.25) is 4.79 Å². The fraction of sp³-hybridized carbons (Fsp3) is 0.250. The second-order valence-electron chi connectivity index (χ2n) is 4.52. The van der Waals surface area contributed by atoms with Crippen molar-refractivity contribution in [3.8, 4) is 11.8 Å². The second-order valence-corrected chi connectivity index (χ2v) is 5.57. The topological polar surface area (TPSA) is 62.2 Å². The summed E-state index contributed by atoms with van der Waals surface area (Å²) in [6.07, 6.45) is 2.08. The van der Waals surface area contributed by atoms with E-state index in [9.17, 15) is 4.79 Å². The van der Waals surface area contributed by atoms with Crippen molar-refractivity contribution in [3.05, 3.63) is 45.3 Å². The number of aliphatic hydroxyl groups is 1. The van der Waals surface area contributed by atoms with Crippen LogP contribution in [0.2, 0.25) is 0 Å².